The van der Waals surface area contributed by atoms with Crippen LogP contribution in [-0.2, 0) is 4.74 Å². The van der Waals surface area contributed by atoms with Crippen molar-refractivity contribution in [3.05, 3.63) is 0 Å². The van der Waals surface area contributed by atoms with Gasteiger partial charge in [-0.15, -0.1) is 0 Å². The smallest absolute Gasteiger partial charge is 0.0486 e. The predicted molar refractivity (Wildman–Crippen MR) is 50.3 cm³/mol. The molecule has 0 radical (unpaired) electrons. The quantitative estimate of drug-likeness (QED) is 0.513. The van der Waals surface area contributed by atoms with Crippen LogP contribution >= 0.6 is 0 Å². The number of hydrogen-bond acceptors (Lipinski definition) is 3. The fourth-order valence-electron chi connectivity index (χ4n) is 1.12. The standard InChI is InChI=1S/C9H18N2O/c1-8(2)7-10-11-9-3-5-12-6-4-9/h7-9,11H,3-6H2,1-2H3/b10-7+. The van der Waals surface area contributed by atoms with E-state index in [1.165, 1.54) is 0 Å². The van der Waals surface area contributed by atoms with Gasteiger partial charge in [0.1, 0.15) is 0 Å². The predicted octanol–water partition coefficient (Wildman–Crippen LogP) is 1.40. The summed E-state index contributed by atoms with van der Waals surface area (Å²) in [5, 5.41) is 4.16. The summed E-state index contributed by atoms with van der Waals surface area (Å²) in [5.41, 5.74) is 3.14. The Balaban J connectivity index is 2.12. The van der Waals surface area contributed by atoms with Crippen molar-refractivity contribution in [1.29, 1.82) is 0 Å². The molecule has 0 unspecified atom stereocenters. The van der Waals surface area contributed by atoms with Crippen LogP contribution in [0.25, 0.3) is 0 Å². The second-order valence-corrected chi connectivity index (χ2v) is 3.54. The molecule has 0 aromatic rings. The summed E-state index contributed by atoms with van der Waals surface area (Å²) in [6.07, 6.45) is 4.10. The minimum atomic E-state index is 0.522. The van der Waals surface area contributed by atoms with E-state index >= 15 is 0 Å². The Hall–Kier alpha value is -0.570. The van der Waals surface area contributed by atoms with Crippen LogP contribution in [0.1, 0.15) is 26.7 Å². The van der Waals surface area contributed by atoms with Crippen molar-refractivity contribution >= 4 is 6.21 Å². The van der Waals surface area contributed by atoms with Crippen molar-refractivity contribution in [2.75, 3.05) is 13.2 Å². The lowest BCUT2D eigenvalue weighted by atomic mass is 10.1. The monoisotopic (exact) mass is 170 g/mol. The number of nitrogens with zero attached hydrogens (tertiary/aromatic N) is 1. The molecule has 0 spiro atoms. The molecule has 0 aromatic heterocycles. The van der Waals surface area contributed by atoms with Crippen LogP contribution in [0.3, 0.4) is 0 Å². The van der Waals surface area contributed by atoms with Gasteiger partial charge >= 0.3 is 0 Å². The first-order valence-electron chi connectivity index (χ1n) is 4.65. The maximum Gasteiger partial charge on any atom is 0.0486 e. The third kappa shape index (κ3) is 3.72. The van der Waals surface area contributed by atoms with Crippen molar-refractivity contribution in [3.8, 4) is 0 Å². The Morgan fingerprint density at radius 3 is 2.67 bits per heavy atom. The van der Waals surface area contributed by atoms with E-state index in [0.29, 0.717) is 12.0 Å². The molecule has 12 heavy (non-hydrogen) atoms. The lowest BCUT2D eigenvalue weighted by Crippen LogP contribution is -2.31. The number of hydrazone groups is 1. The molecule has 0 aliphatic carbocycles. The van der Waals surface area contributed by atoms with Crippen molar-refractivity contribution in [2.24, 2.45) is 11.0 Å². The van der Waals surface area contributed by atoms with Gasteiger partial charge in [0.15, 0.2) is 0 Å². The SMILES string of the molecule is CC(C)/C=N/NC1CCOCC1. The molecule has 1 aliphatic heterocycles. The van der Waals surface area contributed by atoms with Crippen LogP contribution in [0.15, 0.2) is 5.10 Å². The minimum absolute atomic E-state index is 0.522. The topological polar surface area (TPSA) is 33.6 Å². The summed E-state index contributed by atoms with van der Waals surface area (Å²) in [5.74, 6) is 0.525. The molecule has 1 heterocycles. The van der Waals surface area contributed by atoms with Crippen LogP contribution in [0.5, 0.6) is 0 Å². The van der Waals surface area contributed by atoms with E-state index in [4.69, 9.17) is 4.74 Å². The van der Waals surface area contributed by atoms with Crippen molar-refractivity contribution in [2.45, 2.75) is 32.7 Å². The van der Waals surface area contributed by atoms with Gasteiger partial charge < -0.3 is 10.2 Å². The van der Waals surface area contributed by atoms with Gasteiger partial charge in [0, 0.05) is 25.5 Å². The van der Waals surface area contributed by atoms with Crippen LogP contribution < -0.4 is 5.43 Å². The molecule has 0 amide bonds. The van der Waals surface area contributed by atoms with Crippen LogP contribution in [0.4, 0.5) is 0 Å². The molecule has 1 fully saturated rings. The van der Waals surface area contributed by atoms with E-state index in [1.54, 1.807) is 0 Å². The highest BCUT2D eigenvalue weighted by Gasteiger charge is 2.11. The fraction of sp³-hybridized carbons (Fsp3) is 0.889. The Kier molecular flexibility index (Phi) is 4.08. The summed E-state index contributed by atoms with van der Waals surface area (Å²) in [7, 11) is 0. The molecule has 0 atom stereocenters. The van der Waals surface area contributed by atoms with E-state index in [9.17, 15) is 0 Å². The summed E-state index contributed by atoms with van der Waals surface area (Å²) >= 11 is 0. The van der Waals surface area contributed by atoms with Crippen LogP contribution in [-0.4, -0.2) is 25.5 Å². The zero-order valence-corrected chi connectivity index (χ0v) is 7.92. The lowest BCUT2D eigenvalue weighted by molar-refractivity contribution is 0.0784. The van der Waals surface area contributed by atoms with Gasteiger partial charge in [0.2, 0.25) is 0 Å². The van der Waals surface area contributed by atoms with Crippen molar-refractivity contribution in [1.82, 2.24) is 5.43 Å². The van der Waals surface area contributed by atoms with Crippen LogP contribution in [0.2, 0.25) is 0 Å². The van der Waals surface area contributed by atoms with Crippen LogP contribution in [0, 0.1) is 5.92 Å². The Morgan fingerprint density at radius 1 is 1.42 bits per heavy atom. The van der Waals surface area contributed by atoms with E-state index in [0.717, 1.165) is 26.1 Å². The molecular formula is C9H18N2O. The Bertz CT molecular complexity index is 139. The molecule has 3 nitrogen and oxygen atoms in total. The Labute approximate surface area is 74.2 Å². The molecular weight excluding hydrogens is 152 g/mol. The first-order valence-corrected chi connectivity index (χ1v) is 4.65. The first kappa shape index (κ1) is 9.52. The number of hydrogen-bond donors (Lipinski definition) is 1. The minimum Gasteiger partial charge on any atom is -0.381 e. The Morgan fingerprint density at radius 2 is 2.08 bits per heavy atom. The van der Waals surface area contributed by atoms with Gasteiger partial charge in [-0.25, -0.2) is 0 Å². The summed E-state index contributed by atoms with van der Waals surface area (Å²) < 4.78 is 5.24. The number of rotatable bonds is 3. The normalized spacial score (nSPS) is 20.6. The van der Waals surface area contributed by atoms with Gasteiger partial charge in [-0.1, -0.05) is 13.8 Å². The highest BCUT2D eigenvalue weighted by Crippen LogP contribution is 2.05. The molecule has 0 bridgehead atoms. The van der Waals surface area contributed by atoms with E-state index < -0.39 is 0 Å². The van der Waals surface area contributed by atoms with Crippen molar-refractivity contribution < 1.29 is 4.74 Å². The maximum absolute atomic E-state index is 5.24. The first-order chi connectivity index (χ1) is 5.79. The van der Waals surface area contributed by atoms with E-state index in [-0.39, 0.29) is 0 Å². The number of nitrogens with one attached hydrogen (secondary N) is 1. The molecule has 0 saturated carbocycles. The van der Waals surface area contributed by atoms with Gasteiger partial charge in [0.05, 0.1) is 0 Å². The van der Waals surface area contributed by atoms with Crippen molar-refractivity contribution in [3.63, 3.8) is 0 Å². The fourth-order valence-corrected chi connectivity index (χ4v) is 1.12. The van der Waals surface area contributed by atoms with Gasteiger partial charge in [-0.05, 0) is 18.8 Å². The zero-order chi connectivity index (χ0) is 8.81. The molecule has 70 valence electrons. The molecule has 1 N–H and O–H groups in total. The van der Waals surface area contributed by atoms with Gasteiger partial charge in [0.25, 0.3) is 0 Å². The third-order valence-electron chi connectivity index (χ3n) is 1.85. The zero-order valence-electron chi connectivity index (χ0n) is 7.92. The van der Waals surface area contributed by atoms with E-state index in [2.05, 4.69) is 24.4 Å². The van der Waals surface area contributed by atoms with Gasteiger partial charge in [-0.2, -0.15) is 5.10 Å². The molecule has 1 aliphatic rings. The maximum atomic E-state index is 5.24. The number of ether oxygens (including phenoxy) is 1. The highest BCUT2D eigenvalue weighted by molar-refractivity contribution is 5.59. The second kappa shape index (κ2) is 5.14. The summed E-state index contributed by atoms with van der Waals surface area (Å²) in [4.78, 5) is 0. The second-order valence-electron chi connectivity index (χ2n) is 3.54. The molecule has 1 rings (SSSR count). The largest absolute Gasteiger partial charge is 0.381 e. The summed E-state index contributed by atoms with van der Waals surface area (Å²) in [6.45, 7) is 5.98. The average Bonchev–Trinajstić information content (AvgIpc) is 2.05. The van der Waals surface area contributed by atoms with Gasteiger partial charge in [-0.3, -0.25) is 0 Å². The highest BCUT2D eigenvalue weighted by atomic mass is 16.5. The average molecular weight is 170 g/mol. The van der Waals surface area contributed by atoms with E-state index in [1.807, 2.05) is 6.21 Å². The third-order valence-corrected chi connectivity index (χ3v) is 1.85. The molecule has 1 saturated heterocycles. The molecule has 0 aromatic carbocycles. The lowest BCUT2D eigenvalue weighted by Gasteiger charge is -2.21. The molecule has 3 heteroatoms. The summed E-state index contributed by atoms with van der Waals surface area (Å²) in [6, 6.07) is 0.522.